The van der Waals surface area contributed by atoms with Crippen LogP contribution in [0.25, 0.3) is 0 Å². The predicted octanol–water partition coefficient (Wildman–Crippen LogP) is 3.98. The molecule has 0 aliphatic heterocycles. The van der Waals surface area contributed by atoms with Crippen LogP contribution in [0.4, 0.5) is 22.0 Å². The van der Waals surface area contributed by atoms with Crippen molar-refractivity contribution in [2.45, 2.75) is 25.7 Å². The highest BCUT2D eigenvalue weighted by Gasteiger charge is 2.33. The number of carbonyl (C=O) groups excluding carboxylic acids is 2. The first-order valence-corrected chi connectivity index (χ1v) is 8.31. The molecule has 2 rings (SSSR count). The highest BCUT2D eigenvalue weighted by molar-refractivity contribution is 8.13. The Labute approximate surface area is 138 Å². The average molecular weight is 368 g/mol. The van der Waals surface area contributed by atoms with Crippen molar-refractivity contribution in [1.29, 1.82) is 0 Å². The van der Waals surface area contributed by atoms with E-state index in [4.69, 9.17) is 0 Å². The van der Waals surface area contributed by atoms with Crippen LogP contribution < -0.4 is 4.74 Å². The fourth-order valence-electron chi connectivity index (χ4n) is 2.59. The second-order valence-corrected chi connectivity index (χ2v) is 6.20. The van der Waals surface area contributed by atoms with E-state index in [-0.39, 0.29) is 23.9 Å². The van der Waals surface area contributed by atoms with E-state index in [9.17, 15) is 31.5 Å². The third kappa shape index (κ3) is 3.55. The summed E-state index contributed by atoms with van der Waals surface area (Å²) in [4.78, 5) is 23.5. The van der Waals surface area contributed by atoms with Crippen LogP contribution in [0, 0.1) is 40.9 Å². The van der Waals surface area contributed by atoms with Gasteiger partial charge in [-0.25, -0.2) is 13.2 Å². The molecule has 0 aromatic heterocycles. The zero-order chi connectivity index (χ0) is 18.0. The van der Waals surface area contributed by atoms with Crippen LogP contribution in [0.2, 0.25) is 0 Å². The molecule has 0 bridgehead atoms. The first-order chi connectivity index (χ1) is 11.3. The SMILES string of the molecule is CSC(=O)C1CCC(C(=O)Oc2c(F)c(F)c(F)c(F)c2F)CC1. The van der Waals surface area contributed by atoms with Crippen LogP contribution in [0.5, 0.6) is 5.75 Å². The second kappa shape index (κ2) is 7.50. The summed E-state index contributed by atoms with van der Waals surface area (Å²) in [6.45, 7) is 0. The Morgan fingerprint density at radius 3 is 1.71 bits per heavy atom. The van der Waals surface area contributed by atoms with E-state index in [1.54, 1.807) is 6.26 Å². The molecule has 0 atom stereocenters. The van der Waals surface area contributed by atoms with Crippen LogP contribution in [-0.2, 0) is 9.59 Å². The summed E-state index contributed by atoms with van der Waals surface area (Å²) in [5, 5.41) is -0.0124. The minimum absolute atomic E-state index is 0.0124. The number of halogens is 5. The van der Waals surface area contributed by atoms with E-state index < -0.39 is 46.7 Å². The molecule has 1 aromatic carbocycles. The number of rotatable bonds is 3. The van der Waals surface area contributed by atoms with Gasteiger partial charge in [-0.3, -0.25) is 9.59 Å². The number of esters is 1. The van der Waals surface area contributed by atoms with E-state index >= 15 is 0 Å². The van der Waals surface area contributed by atoms with Crippen LogP contribution in [-0.4, -0.2) is 17.3 Å². The predicted molar refractivity (Wildman–Crippen MR) is 75.8 cm³/mol. The molecule has 9 heteroatoms. The Morgan fingerprint density at radius 2 is 1.25 bits per heavy atom. The third-order valence-corrected chi connectivity index (χ3v) is 4.70. The van der Waals surface area contributed by atoms with Gasteiger partial charge in [-0.15, -0.1) is 0 Å². The largest absolute Gasteiger partial charge is 0.420 e. The van der Waals surface area contributed by atoms with Crippen LogP contribution >= 0.6 is 11.8 Å². The lowest BCUT2D eigenvalue weighted by molar-refractivity contribution is -0.141. The maximum atomic E-state index is 13.5. The van der Waals surface area contributed by atoms with Crippen molar-refractivity contribution >= 4 is 22.8 Å². The van der Waals surface area contributed by atoms with Crippen molar-refractivity contribution < 1.29 is 36.3 Å². The Morgan fingerprint density at radius 1 is 0.833 bits per heavy atom. The number of benzene rings is 1. The van der Waals surface area contributed by atoms with Crippen molar-refractivity contribution in [3.63, 3.8) is 0 Å². The molecule has 1 aromatic rings. The highest BCUT2D eigenvalue weighted by atomic mass is 32.2. The zero-order valence-corrected chi connectivity index (χ0v) is 13.3. The molecular formula is C15H13F5O3S. The van der Waals surface area contributed by atoms with Crippen molar-refractivity contribution in [3.8, 4) is 5.75 Å². The highest BCUT2D eigenvalue weighted by Crippen LogP contribution is 2.34. The quantitative estimate of drug-likeness (QED) is 0.266. The fourth-order valence-corrected chi connectivity index (χ4v) is 3.16. The number of thioether (sulfide) groups is 1. The van der Waals surface area contributed by atoms with Gasteiger partial charge >= 0.3 is 5.97 Å². The van der Waals surface area contributed by atoms with Crippen LogP contribution in [0.1, 0.15) is 25.7 Å². The van der Waals surface area contributed by atoms with E-state index in [0.717, 1.165) is 11.8 Å². The molecule has 0 unspecified atom stereocenters. The van der Waals surface area contributed by atoms with Crippen molar-refractivity contribution in [2.24, 2.45) is 11.8 Å². The Balaban J connectivity index is 2.11. The lowest BCUT2D eigenvalue weighted by Crippen LogP contribution is -2.28. The normalized spacial score (nSPS) is 20.8. The van der Waals surface area contributed by atoms with Gasteiger partial charge in [-0.1, -0.05) is 11.8 Å². The number of ether oxygens (including phenoxy) is 1. The molecule has 0 saturated heterocycles. The Bertz CT molecular complexity index is 643. The van der Waals surface area contributed by atoms with Gasteiger partial charge in [0.2, 0.25) is 34.8 Å². The molecule has 24 heavy (non-hydrogen) atoms. The maximum absolute atomic E-state index is 13.5. The number of carbonyl (C=O) groups is 2. The Kier molecular flexibility index (Phi) is 5.84. The summed E-state index contributed by atoms with van der Waals surface area (Å²) < 4.78 is 70.5. The van der Waals surface area contributed by atoms with Gasteiger partial charge < -0.3 is 4.74 Å². The Hall–Kier alpha value is -1.64. The van der Waals surface area contributed by atoms with Crippen molar-refractivity contribution in [1.82, 2.24) is 0 Å². The van der Waals surface area contributed by atoms with Gasteiger partial charge in [-0.2, -0.15) is 8.78 Å². The average Bonchev–Trinajstić information content (AvgIpc) is 2.61. The van der Waals surface area contributed by atoms with E-state index in [1.807, 2.05) is 0 Å². The molecule has 0 heterocycles. The summed E-state index contributed by atoms with van der Waals surface area (Å²) in [5.74, 6) is -14.7. The molecule has 1 aliphatic rings. The van der Waals surface area contributed by atoms with Gasteiger partial charge in [0.15, 0.2) is 5.12 Å². The van der Waals surface area contributed by atoms with Crippen LogP contribution in [0.3, 0.4) is 0 Å². The second-order valence-electron chi connectivity index (χ2n) is 5.39. The lowest BCUT2D eigenvalue weighted by atomic mass is 9.82. The first-order valence-electron chi connectivity index (χ1n) is 7.08. The molecule has 0 spiro atoms. The van der Waals surface area contributed by atoms with Gasteiger partial charge in [0.05, 0.1) is 5.92 Å². The smallest absolute Gasteiger partial charge is 0.314 e. The standard InChI is InChI=1S/C15H13F5O3S/c1-24-15(22)7-4-2-6(3-5-7)14(21)23-13-11(19)9(17)8(16)10(18)12(13)20/h6-7H,2-5H2,1H3. The molecular weight excluding hydrogens is 355 g/mol. The van der Waals surface area contributed by atoms with Gasteiger partial charge in [-0.05, 0) is 31.9 Å². The minimum atomic E-state index is -2.32. The van der Waals surface area contributed by atoms with E-state index in [2.05, 4.69) is 4.74 Å². The first kappa shape index (κ1) is 18.7. The summed E-state index contributed by atoms with van der Waals surface area (Å²) >= 11 is 1.08. The number of hydrogen-bond acceptors (Lipinski definition) is 4. The van der Waals surface area contributed by atoms with Crippen LogP contribution in [0.15, 0.2) is 0 Å². The van der Waals surface area contributed by atoms with Crippen molar-refractivity contribution in [2.75, 3.05) is 6.26 Å². The molecule has 3 nitrogen and oxygen atoms in total. The van der Waals surface area contributed by atoms with Crippen molar-refractivity contribution in [3.05, 3.63) is 29.1 Å². The summed E-state index contributed by atoms with van der Waals surface area (Å²) in [6.07, 6.45) is 2.93. The minimum Gasteiger partial charge on any atom is -0.420 e. The van der Waals surface area contributed by atoms with E-state index in [1.165, 1.54) is 0 Å². The molecule has 0 amide bonds. The van der Waals surface area contributed by atoms with Gasteiger partial charge in [0.1, 0.15) is 0 Å². The van der Waals surface area contributed by atoms with Gasteiger partial charge in [0.25, 0.3) is 0 Å². The molecule has 0 N–H and O–H groups in total. The molecule has 1 saturated carbocycles. The topological polar surface area (TPSA) is 43.4 Å². The summed E-state index contributed by atoms with van der Waals surface area (Å²) in [7, 11) is 0. The summed E-state index contributed by atoms with van der Waals surface area (Å²) in [5.41, 5.74) is 0. The third-order valence-electron chi connectivity index (χ3n) is 3.97. The van der Waals surface area contributed by atoms with Gasteiger partial charge in [0, 0.05) is 5.92 Å². The number of hydrogen-bond donors (Lipinski definition) is 0. The molecule has 1 fully saturated rings. The summed E-state index contributed by atoms with van der Waals surface area (Å²) in [6, 6.07) is 0. The molecule has 0 radical (unpaired) electrons. The van der Waals surface area contributed by atoms with E-state index in [0.29, 0.717) is 12.8 Å². The monoisotopic (exact) mass is 368 g/mol. The fraction of sp³-hybridized carbons (Fsp3) is 0.467. The zero-order valence-electron chi connectivity index (χ0n) is 12.5. The maximum Gasteiger partial charge on any atom is 0.314 e. The molecule has 132 valence electrons. The molecule has 1 aliphatic carbocycles. The lowest BCUT2D eigenvalue weighted by Gasteiger charge is -2.25.